The Bertz CT molecular complexity index is 1800. The summed E-state index contributed by atoms with van der Waals surface area (Å²) in [7, 11) is 0. The summed E-state index contributed by atoms with van der Waals surface area (Å²) >= 11 is 0. The van der Waals surface area contributed by atoms with Gasteiger partial charge in [-0.15, -0.1) is 0 Å². The van der Waals surface area contributed by atoms with Crippen LogP contribution in [0.5, 0.6) is 0 Å². The normalized spacial score (nSPS) is 19.1. The van der Waals surface area contributed by atoms with Crippen LogP contribution in [-0.4, -0.2) is 99.6 Å². The Balaban J connectivity index is 2.61. The van der Waals surface area contributed by atoms with Gasteiger partial charge in [-0.2, -0.15) is 0 Å². The van der Waals surface area contributed by atoms with Crippen molar-refractivity contribution in [1.82, 2.24) is 5.32 Å². The standard InChI is InChI=1S/C74H127NO10/c1-4-7-10-13-16-19-22-24-26-28-30-32-34-36-38-40-42-44-47-50-53-56-59-62-69(79)85-72-71(81)70(80)68(63-76)84-74(72)83-64-65(66(77)60-57-54-51-48-45-21-18-15-12-9-6-3)75-73(82)67(78)61-58-55-52-49-46-43-41-39-37-35-33-31-29-27-25-23-20-17-14-11-8-5-2/h16-17,19-20,24-27,30-33,36-39,57,60,65-68,70-72,74,76-78,80-81H,4-15,18,21-23,28-29,34-35,40-56,58-59,61-64H2,1-3H3,(H,75,82)/b19-16-,20-17-,26-24-,27-25-,32-30-,33-31-,38-36-,39-37-,60-57+. The predicted octanol–water partition coefficient (Wildman–Crippen LogP) is 17.6. The molecule has 0 aromatic carbocycles. The zero-order valence-electron chi connectivity index (χ0n) is 54.2. The number of hydrogen-bond donors (Lipinski definition) is 6. The number of amides is 1. The Morgan fingerprint density at radius 2 is 0.812 bits per heavy atom. The lowest BCUT2D eigenvalue weighted by Crippen LogP contribution is -2.61. The van der Waals surface area contributed by atoms with Gasteiger partial charge in [0, 0.05) is 6.42 Å². The van der Waals surface area contributed by atoms with Crippen LogP contribution in [0, 0.1) is 0 Å². The zero-order valence-corrected chi connectivity index (χ0v) is 54.2. The van der Waals surface area contributed by atoms with E-state index in [-0.39, 0.29) is 19.4 Å². The van der Waals surface area contributed by atoms with Crippen LogP contribution in [0.3, 0.4) is 0 Å². The molecule has 85 heavy (non-hydrogen) atoms. The molecular formula is C74H127NO10. The quantitative estimate of drug-likeness (QED) is 0.0195. The molecule has 0 aliphatic carbocycles. The van der Waals surface area contributed by atoms with Crippen LogP contribution in [0.25, 0.3) is 0 Å². The van der Waals surface area contributed by atoms with Crippen molar-refractivity contribution < 1.29 is 49.3 Å². The molecule has 0 radical (unpaired) electrons. The zero-order chi connectivity index (χ0) is 61.7. The van der Waals surface area contributed by atoms with Crippen LogP contribution in [-0.2, 0) is 23.8 Å². The maximum absolute atomic E-state index is 13.5. The Morgan fingerprint density at radius 1 is 0.459 bits per heavy atom. The van der Waals surface area contributed by atoms with Crippen molar-refractivity contribution in [2.24, 2.45) is 0 Å². The summed E-state index contributed by atoms with van der Waals surface area (Å²) in [6.45, 7) is 5.72. The highest BCUT2D eigenvalue weighted by atomic mass is 16.7. The maximum Gasteiger partial charge on any atom is 0.306 e. The molecule has 11 heteroatoms. The first-order chi connectivity index (χ1) is 41.7. The predicted molar refractivity (Wildman–Crippen MR) is 356 cm³/mol. The molecule has 488 valence electrons. The highest BCUT2D eigenvalue weighted by molar-refractivity contribution is 5.80. The van der Waals surface area contributed by atoms with Gasteiger partial charge in [0.15, 0.2) is 12.4 Å². The fourth-order valence-electron chi connectivity index (χ4n) is 10.1. The largest absolute Gasteiger partial charge is 0.454 e. The monoisotopic (exact) mass is 1190 g/mol. The van der Waals surface area contributed by atoms with E-state index in [0.717, 1.165) is 148 Å². The number of hydrogen-bond acceptors (Lipinski definition) is 10. The van der Waals surface area contributed by atoms with E-state index in [1.54, 1.807) is 6.08 Å². The number of carbonyl (C=O) groups is 2. The van der Waals surface area contributed by atoms with E-state index < -0.39 is 67.4 Å². The lowest BCUT2D eigenvalue weighted by atomic mass is 9.99. The third-order valence-electron chi connectivity index (χ3n) is 15.6. The van der Waals surface area contributed by atoms with E-state index in [0.29, 0.717) is 12.8 Å². The van der Waals surface area contributed by atoms with Crippen molar-refractivity contribution >= 4 is 11.9 Å². The van der Waals surface area contributed by atoms with Gasteiger partial charge < -0.3 is 45.1 Å². The van der Waals surface area contributed by atoms with Crippen molar-refractivity contribution in [2.45, 2.75) is 333 Å². The van der Waals surface area contributed by atoms with Gasteiger partial charge in [0.05, 0.1) is 25.4 Å². The van der Waals surface area contributed by atoms with Gasteiger partial charge in [-0.1, -0.05) is 271 Å². The number of rotatable bonds is 58. The second-order valence-corrected chi connectivity index (χ2v) is 23.6. The van der Waals surface area contributed by atoms with E-state index in [2.05, 4.69) is 123 Å². The van der Waals surface area contributed by atoms with Crippen molar-refractivity contribution in [3.8, 4) is 0 Å². The molecule has 1 aliphatic rings. The number of allylic oxidation sites excluding steroid dienone is 17. The Labute approximate surface area is 519 Å². The van der Waals surface area contributed by atoms with Gasteiger partial charge in [0.2, 0.25) is 5.91 Å². The van der Waals surface area contributed by atoms with E-state index in [9.17, 15) is 35.1 Å². The smallest absolute Gasteiger partial charge is 0.306 e. The van der Waals surface area contributed by atoms with Gasteiger partial charge in [-0.3, -0.25) is 9.59 Å². The lowest BCUT2D eigenvalue weighted by molar-refractivity contribution is -0.305. The van der Waals surface area contributed by atoms with Gasteiger partial charge in [-0.05, 0) is 116 Å². The van der Waals surface area contributed by atoms with Crippen LogP contribution in [0.1, 0.15) is 284 Å². The summed E-state index contributed by atoms with van der Waals surface area (Å²) in [5.74, 6) is -1.22. The molecule has 11 nitrogen and oxygen atoms in total. The Hall–Kier alpha value is -3.68. The summed E-state index contributed by atoms with van der Waals surface area (Å²) in [6, 6.07) is -1.04. The SMILES string of the molecule is CCCCC/C=C\C/C=C\C/C=C\C/C=C\CCCCCCCCCC(=O)OC1C(OCC(NC(=O)C(O)CCCCCCCC/C=C\C/C=C\C/C=C\C/C=C\CCCCC)C(O)/C=C/CCCCCCCCCCC)OC(CO)C(O)C1O. The fraction of sp³-hybridized carbons (Fsp3) is 0.730. The molecule has 0 aromatic rings. The molecule has 0 saturated carbocycles. The minimum atomic E-state index is -1.63. The molecule has 8 atom stereocenters. The van der Waals surface area contributed by atoms with Gasteiger partial charge in [-0.25, -0.2) is 0 Å². The van der Waals surface area contributed by atoms with Crippen molar-refractivity contribution in [3.05, 3.63) is 109 Å². The van der Waals surface area contributed by atoms with Crippen LogP contribution in [0.4, 0.5) is 0 Å². The average Bonchev–Trinajstić information content (AvgIpc) is 2.90. The lowest BCUT2D eigenvalue weighted by Gasteiger charge is -2.41. The molecule has 0 aromatic heterocycles. The first-order valence-electron chi connectivity index (χ1n) is 34.7. The van der Waals surface area contributed by atoms with E-state index in [1.807, 2.05) is 6.08 Å². The third-order valence-corrected chi connectivity index (χ3v) is 15.6. The first kappa shape index (κ1) is 79.3. The van der Waals surface area contributed by atoms with Crippen LogP contribution in [0.15, 0.2) is 109 Å². The van der Waals surface area contributed by atoms with E-state index >= 15 is 0 Å². The molecule has 0 spiro atoms. The van der Waals surface area contributed by atoms with Crippen LogP contribution >= 0.6 is 0 Å². The molecule has 8 unspecified atom stereocenters. The maximum atomic E-state index is 13.5. The summed E-state index contributed by atoms with van der Waals surface area (Å²) < 4.78 is 17.7. The second kappa shape index (κ2) is 60.6. The highest BCUT2D eigenvalue weighted by Gasteiger charge is 2.47. The third kappa shape index (κ3) is 48.0. The summed E-state index contributed by atoms with van der Waals surface area (Å²) in [4.78, 5) is 26.6. The molecule has 1 aliphatic heterocycles. The second-order valence-electron chi connectivity index (χ2n) is 23.6. The number of aliphatic hydroxyl groups is 5. The first-order valence-corrected chi connectivity index (χ1v) is 34.7. The van der Waals surface area contributed by atoms with E-state index in [4.69, 9.17) is 14.2 Å². The molecule has 6 N–H and O–H groups in total. The number of carbonyl (C=O) groups excluding carboxylic acids is 2. The molecular weight excluding hydrogens is 1060 g/mol. The van der Waals surface area contributed by atoms with Gasteiger partial charge >= 0.3 is 5.97 Å². The van der Waals surface area contributed by atoms with Crippen LogP contribution in [0.2, 0.25) is 0 Å². The Kier molecular flexibility index (Phi) is 56.6. The number of nitrogens with one attached hydrogen (secondary N) is 1. The number of esters is 1. The molecule has 1 heterocycles. The summed E-state index contributed by atoms with van der Waals surface area (Å²) in [5, 5.41) is 57.2. The van der Waals surface area contributed by atoms with Gasteiger partial charge in [0.25, 0.3) is 0 Å². The molecule has 1 amide bonds. The van der Waals surface area contributed by atoms with Gasteiger partial charge in [0.1, 0.15) is 24.4 Å². The van der Waals surface area contributed by atoms with E-state index in [1.165, 1.54) is 89.9 Å². The topological polar surface area (TPSA) is 175 Å². The minimum Gasteiger partial charge on any atom is -0.454 e. The Morgan fingerprint density at radius 3 is 1.24 bits per heavy atom. The molecule has 0 bridgehead atoms. The number of unbranched alkanes of at least 4 members (excludes halogenated alkanes) is 28. The number of ether oxygens (including phenoxy) is 3. The number of aliphatic hydroxyl groups excluding tert-OH is 5. The molecule has 1 fully saturated rings. The molecule has 1 saturated heterocycles. The average molecular weight is 1190 g/mol. The summed E-state index contributed by atoms with van der Waals surface area (Å²) in [6.07, 6.45) is 72.6. The molecule has 1 rings (SSSR count). The summed E-state index contributed by atoms with van der Waals surface area (Å²) in [5.41, 5.74) is 0. The van der Waals surface area contributed by atoms with Crippen molar-refractivity contribution in [1.29, 1.82) is 0 Å². The highest BCUT2D eigenvalue weighted by Crippen LogP contribution is 2.26. The fourth-order valence-corrected chi connectivity index (χ4v) is 10.1. The van der Waals surface area contributed by atoms with Crippen molar-refractivity contribution in [2.75, 3.05) is 13.2 Å². The van der Waals surface area contributed by atoms with Crippen molar-refractivity contribution in [3.63, 3.8) is 0 Å². The minimum absolute atomic E-state index is 0.104. The van der Waals surface area contributed by atoms with Crippen LogP contribution < -0.4 is 5.32 Å².